The number of carbonyl (C=O) groups is 1. The predicted molar refractivity (Wildman–Crippen MR) is 140 cm³/mol. The van der Waals surface area contributed by atoms with E-state index in [9.17, 15) is 13.2 Å². The van der Waals surface area contributed by atoms with Crippen LogP contribution >= 0.6 is 0 Å². The molecule has 7 heteroatoms. The van der Waals surface area contributed by atoms with Gasteiger partial charge in [-0.2, -0.15) is 0 Å². The fourth-order valence-corrected chi connectivity index (χ4v) is 5.57. The fourth-order valence-electron chi connectivity index (χ4n) is 4.35. The molecule has 1 aliphatic heterocycles. The molecule has 1 N–H and O–H groups in total. The summed E-state index contributed by atoms with van der Waals surface area (Å²) in [7, 11) is -2.33. The number of hydrogen-bond donors (Lipinski definition) is 1. The minimum Gasteiger partial charge on any atom is -0.348 e. The molecule has 3 aromatic carbocycles. The summed E-state index contributed by atoms with van der Waals surface area (Å²) in [5.74, 6) is -0.316. The first kappa shape index (κ1) is 24.9. The molecule has 1 fully saturated rings. The Balaban J connectivity index is 1.42. The summed E-state index contributed by atoms with van der Waals surface area (Å²) in [5.41, 5.74) is 3.90. The average Bonchev–Trinajstić information content (AvgIpc) is 2.88. The van der Waals surface area contributed by atoms with E-state index in [1.54, 1.807) is 48.5 Å². The highest BCUT2D eigenvalue weighted by Gasteiger charge is 2.25. The van der Waals surface area contributed by atoms with Gasteiger partial charge in [-0.3, -0.25) is 14.0 Å². The lowest BCUT2D eigenvalue weighted by atomic mass is 10.1. The van der Waals surface area contributed by atoms with Crippen molar-refractivity contribution >= 4 is 21.6 Å². The van der Waals surface area contributed by atoms with E-state index in [4.69, 9.17) is 0 Å². The van der Waals surface area contributed by atoms with Crippen LogP contribution in [0.15, 0.2) is 77.7 Å². The number of sulfonamides is 1. The molecule has 0 saturated carbocycles. The van der Waals surface area contributed by atoms with Crippen molar-refractivity contribution in [2.75, 3.05) is 24.4 Å². The molecule has 0 radical (unpaired) electrons. The molecule has 1 aliphatic rings. The van der Waals surface area contributed by atoms with Crippen molar-refractivity contribution in [2.24, 2.45) is 0 Å². The molecule has 3 aromatic rings. The van der Waals surface area contributed by atoms with Gasteiger partial charge in [-0.1, -0.05) is 60.5 Å². The Kier molecular flexibility index (Phi) is 7.88. The largest absolute Gasteiger partial charge is 0.348 e. The van der Waals surface area contributed by atoms with Gasteiger partial charge in [-0.15, -0.1) is 0 Å². The number of amides is 1. The first-order chi connectivity index (χ1) is 16.8. The van der Waals surface area contributed by atoms with Crippen LogP contribution in [0.1, 0.15) is 46.3 Å². The first-order valence-corrected chi connectivity index (χ1v) is 13.5. The summed E-state index contributed by atoms with van der Waals surface area (Å²) in [6.45, 7) is 5.55. The molecule has 1 heterocycles. The Morgan fingerprint density at radius 1 is 0.886 bits per heavy atom. The van der Waals surface area contributed by atoms with Crippen LogP contribution in [0.5, 0.6) is 0 Å². The van der Waals surface area contributed by atoms with E-state index >= 15 is 0 Å². The number of nitrogens with one attached hydrogen (secondary N) is 1. The zero-order valence-electron chi connectivity index (χ0n) is 20.4. The zero-order chi connectivity index (χ0) is 24.8. The van der Waals surface area contributed by atoms with Gasteiger partial charge in [0.15, 0.2) is 0 Å². The normalized spacial score (nSPS) is 14.5. The number of aryl methyl sites for hydroxylation is 1. The summed E-state index contributed by atoms with van der Waals surface area (Å²) in [6, 6.07) is 21.8. The molecule has 4 rings (SSSR count). The van der Waals surface area contributed by atoms with Gasteiger partial charge in [0.2, 0.25) is 0 Å². The van der Waals surface area contributed by atoms with Crippen molar-refractivity contribution in [2.45, 2.75) is 44.2 Å². The molecule has 0 spiro atoms. The molecule has 0 aromatic heterocycles. The van der Waals surface area contributed by atoms with Gasteiger partial charge in [-0.25, -0.2) is 8.42 Å². The second kappa shape index (κ2) is 11.1. The van der Waals surface area contributed by atoms with E-state index in [2.05, 4.69) is 22.3 Å². The lowest BCUT2D eigenvalue weighted by molar-refractivity contribution is 0.0951. The highest BCUT2D eigenvalue weighted by atomic mass is 32.2. The minimum absolute atomic E-state index is 0.186. The van der Waals surface area contributed by atoms with Gasteiger partial charge in [0, 0.05) is 20.1 Å². The van der Waals surface area contributed by atoms with Crippen LogP contribution in [-0.4, -0.2) is 39.4 Å². The molecule has 0 atom stereocenters. The van der Waals surface area contributed by atoms with Gasteiger partial charge in [0.25, 0.3) is 15.9 Å². The standard InChI is InChI=1S/C28H33N3O3S/c1-22-10-16-25(17-11-22)35(33,34)30(2)27-9-5-4-8-26(27)28(32)29-20-23-12-14-24(15-13-23)21-31-18-6-3-7-19-31/h4-5,8-17H,3,6-7,18-21H2,1-2H3,(H,29,32). The molecular formula is C28H33N3O3S. The van der Waals surface area contributed by atoms with E-state index in [-0.39, 0.29) is 10.8 Å². The van der Waals surface area contributed by atoms with Crippen LogP contribution in [0.2, 0.25) is 0 Å². The van der Waals surface area contributed by atoms with Crippen molar-refractivity contribution in [3.8, 4) is 0 Å². The third kappa shape index (κ3) is 6.10. The van der Waals surface area contributed by atoms with Gasteiger partial charge in [0.05, 0.1) is 16.1 Å². The third-order valence-electron chi connectivity index (χ3n) is 6.50. The first-order valence-electron chi connectivity index (χ1n) is 12.1. The monoisotopic (exact) mass is 491 g/mol. The van der Waals surface area contributed by atoms with Crippen LogP contribution in [0.3, 0.4) is 0 Å². The van der Waals surface area contributed by atoms with Gasteiger partial charge < -0.3 is 5.32 Å². The van der Waals surface area contributed by atoms with Crippen LogP contribution in [0.25, 0.3) is 0 Å². The van der Waals surface area contributed by atoms with E-state index in [1.807, 2.05) is 19.1 Å². The third-order valence-corrected chi connectivity index (χ3v) is 8.28. The SMILES string of the molecule is Cc1ccc(S(=O)(=O)N(C)c2ccccc2C(=O)NCc2ccc(CN3CCCCC3)cc2)cc1. The Morgan fingerprint density at radius 2 is 1.51 bits per heavy atom. The maximum atomic E-state index is 13.2. The Hall–Kier alpha value is -3.16. The highest BCUT2D eigenvalue weighted by Crippen LogP contribution is 2.26. The van der Waals surface area contributed by atoms with Crippen molar-refractivity contribution in [1.82, 2.24) is 10.2 Å². The number of piperidine rings is 1. The lowest BCUT2D eigenvalue weighted by Crippen LogP contribution is -2.30. The number of anilines is 1. The molecule has 184 valence electrons. The topological polar surface area (TPSA) is 69.7 Å². The number of rotatable bonds is 8. The molecule has 0 bridgehead atoms. The summed E-state index contributed by atoms with van der Waals surface area (Å²) in [5, 5.41) is 2.94. The second-order valence-corrected chi connectivity index (χ2v) is 11.1. The maximum Gasteiger partial charge on any atom is 0.264 e. The maximum absolute atomic E-state index is 13.2. The van der Waals surface area contributed by atoms with Crippen LogP contribution < -0.4 is 9.62 Å². The lowest BCUT2D eigenvalue weighted by Gasteiger charge is -2.26. The Labute approximate surface area is 208 Å². The van der Waals surface area contributed by atoms with E-state index in [1.165, 1.54) is 36.2 Å². The fraction of sp³-hybridized carbons (Fsp3) is 0.321. The van der Waals surface area contributed by atoms with Gasteiger partial charge in [0.1, 0.15) is 0 Å². The minimum atomic E-state index is -3.80. The molecule has 1 saturated heterocycles. The molecule has 0 aliphatic carbocycles. The average molecular weight is 492 g/mol. The van der Waals surface area contributed by atoms with Gasteiger partial charge >= 0.3 is 0 Å². The van der Waals surface area contributed by atoms with E-state index in [0.29, 0.717) is 17.8 Å². The summed E-state index contributed by atoms with van der Waals surface area (Å²) < 4.78 is 27.5. The van der Waals surface area contributed by atoms with Crippen molar-refractivity contribution in [3.63, 3.8) is 0 Å². The number of nitrogens with zero attached hydrogens (tertiary/aromatic N) is 2. The summed E-state index contributed by atoms with van der Waals surface area (Å²) >= 11 is 0. The summed E-state index contributed by atoms with van der Waals surface area (Å²) in [4.78, 5) is 15.7. The quantitative estimate of drug-likeness (QED) is 0.494. The predicted octanol–water partition coefficient (Wildman–Crippen LogP) is 4.74. The number of hydrogen-bond acceptors (Lipinski definition) is 4. The Bertz CT molecular complexity index is 1250. The van der Waals surface area contributed by atoms with E-state index < -0.39 is 10.0 Å². The number of para-hydroxylation sites is 1. The van der Waals surface area contributed by atoms with E-state index in [0.717, 1.165) is 30.8 Å². The highest BCUT2D eigenvalue weighted by molar-refractivity contribution is 7.92. The summed E-state index contributed by atoms with van der Waals surface area (Å²) in [6.07, 6.45) is 3.87. The smallest absolute Gasteiger partial charge is 0.264 e. The number of carbonyl (C=O) groups excluding carboxylic acids is 1. The van der Waals surface area contributed by atoms with Gasteiger partial charge in [-0.05, 0) is 68.2 Å². The van der Waals surface area contributed by atoms with Crippen molar-refractivity contribution < 1.29 is 13.2 Å². The van der Waals surface area contributed by atoms with Crippen LogP contribution in [0, 0.1) is 6.92 Å². The molecule has 1 amide bonds. The number of benzene rings is 3. The molecular weight excluding hydrogens is 458 g/mol. The molecule has 35 heavy (non-hydrogen) atoms. The zero-order valence-corrected chi connectivity index (χ0v) is 21.2. The second-order valence-electron chi connectivity index (χ2n) is 9.14. The molecule has 0 unspecified atom stereocenters. The number of likely N-dealkylation sites (tertiary alicyclic amines) is 1. The molecule has 6 nitrogen and oxygen atoms in total. The van der Waals surface area contributed by atoms with Crippen LogP contribution in [-0.2, 0) is 23.1 Å². The Morgan fingerprint density at radius 3 is 2.20 bits per heavy atom. The van der Waals surface area contributed by atoms with Crippen LogP contribution in [0.4, 0.5) is 5.69 Å². The van der Waals surface area contributed by atoms with Crippen molar-refractivity contribution in [1.29, 1.82) is 0 Å². The van der Waals surface area contributed by atoms with Crippen molar-refractivity contribution in [3.05, 3.63) is 95.1 Å².